The molecule has 2 aliphatic rings. The minimum absolute atomic E-state index is 0.0498. The molecule has 1 N–H and O–H groups in total. The van der Waals surface area contributed by atoms with Gasteiger partial charge in [0, 0.05) is 68.6 Å². The summed E-state index contributed by atoms with van der Waals surface area (Å²) in [5.74, 6) is -0.256. The van der Waals surface area contributed by atoms with Crippen molar-refractivity contribution in [2.75, 3.05) is 64.4 Å². The van der Waals surface area contributed by atoms with Gasteiger partial charge in [0.25, 0.3) is 11.7 Å². The van der Waals surface area contributed by atoms with Crippen LogP contribution in [-0.4, -0.2) is 91.4 Å². The molecular formula is C31H39N5O4. The average Bonchev–Trinajstić information content (AvgIpc) is 3.37. The maximum atomic E-state index is 13.1. The summed E-state index contributed by atoms with van der Waals surface area (Å²) in [5.41, 5.74) is 2.33. The number of carbonyl (C=O) groups excluding carboxylic acids is 3. The number of Topliss-reactive ketones (excluding diaryl/α,β-unsaturated/α-hetero) is 1. The van der Waals surface area contributed by atoms with E-state index in [1.165, 1.54) is 5.69 Å². The molecular weight excluding hydrogens is 506 g/mol. The van der Waals surface area contributed by atoms with Gasteiger partial charge in [0.05, 0.1) is 12.7 Å². The number of nitrogens with zero attached hydrogens (tertiary/aromatic N) is 4. The van der Waals surface area contributed by atoms with Crippen molar-refractivity contribution < 1.29 is 19.1 Å². The smallest absolute Gasteiger partial charge is 0.292 e. The Balaban J connectivity index is 1.10. The minimum Gasteiger partial charge on any atom is -0.497 e. The number of ketones is 1. The van der Waals surface area contributed by atoms with Crippen molar-refractivity contribution in [3.8, 4) is 5.75 Å². The van der Waals surface area contributed by atoms with Crippen LogP contribution in [0.2, 0.25) is 0 Å². The van der Waals surface area contributed by atoms with Crippen LogP contribution < -0.4 is 15.0 Å². The molecule has 2 saturated heterocycles. The number of ether oxygens (including phenoxy) is 1. The lowest BCUT2D eigenvalue weighted by molar-refractivity contribution is -0.132. The van der Waals surface area contributed by atoms with Crippen LogP contribution in [0.4, 0.5) is 5.69 Å². The van der Waals surface area contributed by atoms with E-state index in [4.69, 9.17) is 4.74 Å². The second-order valence-electron chi connectivity index (χ2n) is 10.6. The molecule has 3 heterocycles. The van der Waals surface area contributed by atoms with Crippen LogP contribution >= 0.6 is 0 Å². The van der Waals surface area contributed by atoms with E-state index in [-0.39, 0.29) is 12.5 Å². The SMILES string of the molecule is COc1ccc(N2CCN(CCCNC(=O)C(=O)c3cn(CC(=O)N4CCCCC4)c4ccccc34)CC2)cc1. The quantitative estimate of drug-likeness (QED) is 0.239. The molecule has 2 fully saturated rings. The zero-order valence-electron chi connectivity index (χ0n) is 23.3. The van der Waals surface area contributed by atoms with Crippen LogP contribution in [0.5, 0.6) is 5.75 Å². The van der Waals surface area contributed by atoms with Gasteiger partial charge in [-0.3, -0.25) is 19.3 Å². The van der Waals surface area contributed by atoms with E-state index in [0.29, 0.717) is 17.5 Å². The second kappa shape index (κ2) is 13.0. The number of aromatic nitrogens is 1. The number of nitrogens with one attached hydrogen (secondary N) is 1. The van der Waals surface area contributed by atoms with Crippen LogP contribution in [0.3, 0.4) is 0 Å². The zero-order valence-corrected chi connectivity index (χ0v) is 23.3. The minimum atomic E-state index is -0.602. The first-order chi connectivity index (χ1) is 19.5. The number of piperidine rings is 1. The molecule has 9 nitrogen and oxygen atoms in total. The lowest BCUT2D eigenvalue weighted by Crippen LogP contribution is -2.47. The van der Waals surface area contributed by atoms with Gasteiger partial charge in [0.1, 0.15) is 12.3 Å². The number of hydrogen-bond acceptors (Lipinski definition) is 6. The molecule has 1 aromatic heterocycles. The van der Waals surface area contributed by atoms with Crippen molar-refractivity contribution in [1.82, 2.24) is 19.7 Å². The summed E-state index contributed by atoms with van der Waals surface area (Å²) in [6.45, 7) is 6.83. The summed E-state index contributed by atoms with van der Waals surface area (Å²) in [6, 6.07) is 15.6. The normalized spacial score (nSPS) is 16.2. The van der Waals surface area contributed by atoms with Gasteiger partial charge in [0.2, 0.25) is 5.91 Å². The summed E-state index contributed by atoms with van der Waals surface area (Å²) in [5, 5.41) is 3.51. The molecule has 2 amide bonds. The zero-order chi connectivity index (χ0) is 27.9. The van der Waals surface area contributed by atoms with Gasteiger partial charge in [-0.15, -0.1) is 0 Å². The molecule has 0 spiro atoms. The molecule has 0 bridgehead atoms. The van der Waals surface area contributed by atoms with E-state index < -0.39 is 11.7 Å². The summed E-state index contributed by atoms with van der Waals surface area (Å²) in [4.78, 5) is 45.4. The van der Waals surface area contributed by atoms with Gasteiger partial charge < -0.3 is 24.4 Å². The predicted molar refractivity (Wildman–Crippen MR) is 156 cm³/mol. The molecule has 2 aromatic carbocycles. The van der Waals surface area contributed by atoms with Crippen molar-refractivity contribution in [2.45, 2.75) is 32.2 Å². The lowest BCUT2D eigenvalue weighted by atomic mass is 10.1. The number of rotatable bonds is 10. The molecule has 9 heteroatoms. The summed E-state index contributed by atoms with van der Waals surface area (Å²) in [6.07, 6.45) is 5.65. The van der Waals surface area contributed by atoms with Gasteiger partial charge in [-0.1, -0.05) is 18.2 Å². The van der Waals surface area contributed by atoms with Crippen LogP contribution in [-0.2, 0) is 16.1 Å². The number of amides is 2. The van der Waals surface area contributed by atoms with Crippen LogP contribution in [0, 0.1) is 0 Å². The largest absolute Gasteiger partial charge is 0.497 e. The Kier molecular flexibility index (Phi) is 9.01. The summed E-state index contributed by atoms with van der Waals surface area (Å²) < 4.78 is 7.05. The number of hydrogen-bond donors (Lipinski definition) is 1. The van der Waals surface area contributed by atoms with Crippen LogP contribution in [0.1, 0.15) is 36.0 Å². The third kappa shape index (κ3) is 6.47. The monoisotopic (exact) mass is 545 g/mol. The van der Waals surface area contributed by atoms with Gasteiger partial charge in [-0.2, -0.15) is 0 Å². The fourth-order valence-electron chi connectivity index (χ4n) is 5.68. The van der Waals surface area contributed by atoms with Gasteiger partial charge >= 0.3 is 0 Å². The Labute approximate surface area is 235 Å². The van der Waals surface area contributed by atoms with Gasteiger partial charge in [-0.05, 0) is 62.6 Å². The molecule has 0 saturated carbocycles. The van der Waals surface area contributed by atoms with E-state index in [2.05, 4.69) is 27.2 Å². The third-order valence-corrected chi connectivity index (χ3v) is 8.00. The third-order valence-electron chi connectivity index (χ3n) is 8.00. The summed E-state index contributed by atoms with van der Waals surface area (Å²) in [7, 11) is 1.67. The van der Waals surface area contributed by atoms with Crippen molar-refractivity contribution in [3.63, 3.8) is 0 Å². The number of benzene rings is 2. The molecule has 2 aliphatic heterocycles. The van der Waals surface area contributed by atoms with E-state index in [9.17, 15) is 14.4 Å². The van der Waals surface area contributed by atoms with Crippen LogP contribution in [0.25, 0.3) is 10.9 Å². The Bertz CT molecular complexity index is 1320. The number of anilines is 1. The highest BCUT2D eigenvalue weighted by Gasteiger charge is 2.24. The average molecular weight is 546 g/mol. The highest BCUT2D eigenvalue weighted by molar-refractivity contribution is 6.45. The highest BCUT2D eigenvalue weighted by Crippen LogP contribution is 2.23. The van der Waals surface area contributed by atoms with Crippen molar-refractivity contribution in [2.24, 2.45) is 0 Å². The summed E-state index contributed by atoms with van der Waals surface area (Å²) >= 11 is 0. The highest BCUT2D eigenvalue weighted by atomic mass is 16.5. The number of carbonyl (C=O) groups is 3. The van der Waals surface area contributed by atoms with Crippen molar-refractivity contribution >= 4 is 34.2 Å². The number of likely N-dealkylation sites (tertiary alicyclic amines) is 1. The first-order valence-corrected chi connectivity index (χ1v) is 14.3. The van der Waals surface area contributed by atoms with Crippen molar-refractivity contribution in [1.29, 1.82) is 0 Å². The number of piperazine rings is 1. The maximum absolute atomic E-state index is 13.1. The second-order valence-corrected chi connectivity index (χ2v) is 10.6. The Hall–Kier alpha value is -3.85. The fraction of sp³-hybridized carbons (Fsp3) is 0.452. The number of para-hydroxylation sites is 1. The first kappa shape index (κ1) is 27.7. The Morgan fingerprint density at radius 2 is 1.60 bits per heavy atom. The molecule has 5 rings (SSSR count). The van der Waals surface area contributed by atoms with Gasteiger partial charge in [0.15, 0.2) is 0 Å². The Morgan fingerprint density at radius 3 is 2.33 bits per heavy atom. The molecule has 0 radical (unpaired) electrons. The number of fused-ring (bicyclic) bond motifs is 1. The Morgan fingerprint density at radius 1 is 0.875 bits per heavy atom. The van der Waals surface area contributed by atoms with Gasteiger partial charge in [-0.25, -0.2) is 0 Å². The van der Waals surface area contributed by atoms with E-state index >= 15 is 0 Å². The standard InChI is InChI=1S/C31H39N5O4/c1-40-25-12-10-24(11-13-25)34-20-18-33(19-21-34)15-7-14-32-31(39)30(38)27-22-36(28-9-4-3-8-26(27)28)23-29(37)35-16-5-2-6-17-35/h3-4,8-13,22H,2,5-7,14-21,23H2,1H3,(H,32,39). The molecule has 212 valence electrons. The molecule has 3 aromatic rings. The topological polar surface area (TPSA) is 87.1 Å². The van der Waals surface area contributed by atoms with Crippen molar-refractivity contribution in [3.05, 3.63) is 60.3 Å². The molecule has 40 heavy (non-hydrogen) atoms. The molecule has 0 aliphatic carbocycles. The molecule has 0 atom stereocenters. The first-order valence-electron chi connectivity index (χ1n) is 14.3. The maximum Gasteiger partial charge on any atom is 0.292 e. The number of methoxy groups -OCH3 is 1. The van der Waals surface area contributed by atoms with E-state index in [0.717, 1.165) is 82.8 Å². The lowest BCUT2D eigenvalue weighted by Gasteiger charge is -2.36. The molecule has 0 unspecified atom stereocenters. The predicted octanol–water partition coefficient (Wildman–Crippen LogP) is 3.17. The van der Waals surface area contributed by atoms with E-state index in [1.54, 1.807) is 17.9 Å². The van der Waals surface area contributed by atoms with Crippen LogP contribution in [0.15, 0.2) is 54.7 Å². The van der Waals surface area contributed by atoms with E-state index in [1.807, 2.05) is 41.3 Å². The fourth-order valence-corrected chi connectivity index (χ4v) is 5.68.